The summed E-state index contributed by atoms with van der Waals surface area (Å²) in [6, 6.07) is 1.74. The highest BCUT2D eigenvalue weighted by Gasteiger charge is 2.17. The summed E-state index contributed by atoms with van der Waals surface area (Å²) < 4.78 is 48.9. The topological polar surface area (TPSA) is 18.5 Å². The summed E-state index contributed by atoms with van der Waals surface area (Å²) in [4.78, 5) is 0. The highest BCUT2D eigenvalue weighted by atomic mass is 19.2. The van der Waals surface area contributed by atoms with Gasteiger partial charge < -0.3 is 9.47 Å². The van der Waals surface area contributed by atoms with E-state index in [0.29, 0.717) is 13.2 Å². The highest BCUT2D eigenvalue weighted by molar-refractivity contribution is 5.20. The Morgan fingerprint density at radius 3 is 1.81 bits per heavy atom. The van der Waals surface area contributed by atoms with Gasteiger partial charge in [-0.25, -0.2) is 13.2 Å². The van der Waals surface area contributed by atoms with Crippen LogP contribution < -0.4 is 0 Å². The average Bonchev–Trinajstić information content (AvgIpc) is 2.25. The van der Waals surface area contributed by atoms with Gasteiger partial charge in [-0.05, 0) is 26.0 Å². The Labute approximate surface area is 92.0 Å². The molecule has 0 N–H and O–H groups in total. The lowest BCUT2D eigenvalue weighted by molar-refractivity contribution is -0.140. The second-order valence-corrected chi connectivity index (χ2v) is 3.04. The number of benzene rings is 1. The third-order valence-electron chi connectivity index (χ3n) is 1.91. The molecule has 16 heavy (non-hydrogen) atoms. The fraction of sp³-hybridized carbons (Fsp3) is 0.455. The van der Waals surface area contributed by atoms with E-state index in [4.69, 9.17) is 9.47 Å². The molecule has 0 aliphatic heterocycles. The van der Waals surface area contributed by atoms with Crippen molar-refractivity contribution in [3.05, 3.63) is 35.1 Å². The smallest absolute Gasteiger partial charge is 0.194 e. The van der Waals surface area contributed by atoms with Crippen molar-refractivity contribution in [3.8, 4) is 0 Å². The monoisotopic (exact) mass is 234 g/mol. The summed E-state index contributed by atoms with van der Waals surface area (Å²) in [6.07, 6.45) is -0.875. The first-order valence-electron chi connectivity index (χ1n) is 4.97. The van der Waals surface area contributed by atoms with E-state index in [1.54, 1.807) is 13.8 Å². The van der Waals surface area contributed by atoms with E-state index in [0.717, 1.165) is 12.1 Å². The molecule has 0 fully saturated rings. The molecule has 0 aliphatic rings. The van der Waals surface area contributed by atoms with Crippen LogP contribution in [-0.2, 0) is 9.47 Å². The van der Waals surface area contributed by atoms with E-state index < -0.39 is 23.7 Å². The Hall–Kier alpha value is -1.07. The quantitative estimate of drug-likeness (QED) is 0.575. The minimum Gasteiger partial charge on any atom is -0.349 e. The van der Waals surface area contributed by atoms with Crippen LogP contribution in [0.5, 0.6) is 0 Å². The third-order valence-corrected chi connectivity index (χ3v) is 1.91. The molecule has 90 valence electrons. The van der Waals surface area contributed by atoms with Gasteiger partial charge in [0.05, 0.1) is 0 Å². The summed E-state index contributed by atoms with van der Waals surface area (Å²) in [7, 11) is 0. The molecule has 0 radical (unpaired) electrons. The molecule has 5 heteroatoms. The van der Waals surface area contributed by atoms with Crippen molar-refractivity contribution >= 4 is 0 Å². The number of halogens is 3. The van der Waals surface area contributed by atoms with Crippen LogP contribution in [0.25, 0.3) is 0 Å². The molecule has 1 rings (SSSR count). The van der Waals surface area contributed by atoms with Crippen molar-refractivity contribution in [2.75, 3.05) is 13.2 Å². The van der Waals surface area contributed by atoms with Crippen LogP contribution in [0.15, 0.2) is 12.1 Å². The van der Waals surface area contributed by atoms with E-state index in [9.17, 15) is 13.2 Å². The average molecular weight is 234 g/mol. The first-order valence-corrected chi connectivity index (χ1v) is 4.97. The summed E-state index contributed by atoms with van der Waals surface area (Å²) in [6.45, 7) is 4.10. The van der Waals surface area contributed by atoms with Crippen LogP contribution in [0.4, 0.5) is 13.2 Å². The molecule has 0 bridgehead atoms. The first kappa shape index (κ1) is 13.0. The van der Waals surface area contributed by atoms with Crippen LogP contribution >= 0.6 is 0 Å². The predicted molar refractivity (Wildman–Crippen MR) is 52.3 cm³/mol. The van der Waals surface area contributed by atoms with E-state index in [2.05, 4.69) is 0 Å². The molecular weight excluding hydrogens is 221 g/mol. The van der Waals surface area contributed by atoms with Gasteiger partial charge in [0.2, 0.25) is 0 Å². The number of ether oxygens (including phenoxy) is 2. The molecule has 0 heterocycles. The second kappa shape index (κ2) is 5.86. The van der Waals surface area contributed by atoms with Gasteiger partial charge in [0, 0.05) is 18.8 Å². The van der Waals surface area contributed by atoms with Crippen molar-refractivity contribution in [3.63, 3.8) is 0 Å². The van der Waals surface area contributed by atoms with E-state index in [-0.39, 0.29) is 5.56 Å². The van der Waals surface area contributed by atoms with Crippen molar-refractivity contribution < 1.29 is 22.6 Å². The molecule has 1 aromatic rings. The Morgan fingerprint density at radius 2 is 1.44 bits per heavy atom. The van der Waals surface area contributed by atoms with Crippen LogP contribution in [0, 0.1) is 17.5 Å². The molecule has 0 saturated heterocycles. The lowest BCUT2D eigenvalue weighted by Crippen LogP contribution is -2.10. The zero-order valence-electron chi connectivity index (χ0n) is 9.10. The van der Waals surface area contributed by atoms with Gasteiger partial charge in [0.15, 0.2) is 23.7 Å². The summed E-state index contributed by atoms with van der Waals surface area (Å²) >= 11 is 0. The minimum atomic E-state index is -1.49. The Bertz CT molecular complexity index is 326. The predicted octanol–water partition coefficient (Wildman–Crippen LogP) is 3.18. The molecule has 0 atom stereocenters. The lowest BCUT2D eigenvalue weighted by Gasteiger charge is -2.17. The van der Waals surface area contributed by atoms with Gasteiger partial charge in [0.1, 0.15) is 0 Å². The van der Waals surface area contributed by atoms with E-state index >= 15 is 0 Å². The van der Waals surface area contributed by atoms with E-state index in [1.807, 2.05) is 0 Å². The van der Waals surface area contributed by atoms with Crippen molar-refractivity contribution in [1.29, 1.82) is 0 Å². The van der Waals surface area contributed by atoms with Crippen LogP contribution in [0.1, 0.15) is 25.7 Å². The molecule has 0 aromatic heterocycles. The van der Waals surface area contributed by atoms with Crippen molar-refractivity contribution in [1.82, 2.24) is 0 Å². The molecule has 0 aliphatic carbocycles. The number of hydrogen-bond donors (Lipinski definition) is 0. The van der Waals surface area contributed by atoms with Crippen LogP contribution in [-0.4, -0.2) is 13.2 Å². The minimum absolute atomic E-state index is 0.125. The standard InChI is InChI=1S/C11H13F3O2/c1-3-15-11(16-4-2)7-5-8(12)10(14)9(13)6-7/h5-6,11H,3-4H2,1-2H3. The van der Waals surface area contributed by atoms with Gasteiger partial charge >= 0.3 is 0 Å². The van der Waals surface area contributed by atoms with Crippen molar-refractivity contribution in [2.24, 2.45) is 0 Å². The van der Waals surface area contributed by atoms with Gasteiger partial charge in [0.25, 0.3) is 0 Å². The molecule has 2 nitrogen and oxygen atoms in total. The van der Waals surface area contributed by atoms with Gasteiger partial charge in [-0.2, -0.15) is 0 Å². The largest absolute Gasteiger partial charge is 0.349 e. The Kier molecular flexibility index (Phi) is 4.76. The maximum absolute atomic E-state index is 13.0. The van der Waals surface area contributed by atoms with Gasteiger partial charge in [-0.3, -0.25) is 0 Å². The number of rotatable bonds is 5. The fourth-order valence-corrected chi connectivity index (χ4v) is 1.25. The molecular formula is C11H13F3O2. The summed E-state index contributed by atoms with van der Waals surface area (Å²) in [5, 5.41) is 0. The van der Waals surface area contributed by atoms with Crippen molar-refractivity contribution in [2.45, 2.75) is 20.1 Å². The molecule has 0 saturated carbocycles. The molecule has 0 amide bonds. The fourth-order valence-electron chi connectivity index (χ4n) is 1.25. The van der Waals surface area contributed by atoms with Gasteiger partial charge in [-0.1, -0.05) is 0 Å². The Balaban J connectivity index is 3.00. The Morgan fingerprint density at radius 1 is 1.00 bits per heavy atom. The first-order chi connectivity index (χ1) is 7.60. The maximum Gasteiger partial charge on any atom is 0.194 e. The maximum atomic E-state index is 13.0. The summed E-state index contributed by atoms with van der Waals surface area (Å²) in [5.74, 6) is -3.99. The van der Waals surface area contributed by atoms with E-state index in [1.165, 1.54) is 0 Å². The van der Waals surface area contributed by atoms with Crippen LogP contribution in [0.3, 0.4) is 0 Å². The second-order valence-electron chi connectivity index (χ2n) is 3.04. The normalized spacial score (nSPS) is 11.1. The number of hydrogen-bond acceptors (Lipinski definition) is 2. The summed E-state index contributed by atoms with van der Waals surface area (Å²) in [5.41, 5.74) is 0.125. The molecule has 1 aromatic carbocycles. The zero-order chi connectivity index (χ0) is 12.1. The van der Waals surface area contributed by atoms with Gasteiger partial charge in [-0.15, -0.1) is 0 Å². The van der Waals surface area contributed by atoms with Crippen LogP contribution in [0.2, 0.25) is 0 Å². The molecule has 0 unspecified atom stereocenters. The molecule has 0 spiro atoms. The third kappa shape index (κ3) is 2.96. The SMILES string of the molecule is CCOC(OCC)c1cc(F)c(F)c(F)c1. The highest BCUT2D eigenvalue weighted by Crippen LogP contribution is 2.23. The lowest BCUT2D eigenvalue weighted by atomic mass is 10.2. The zero-order valence-corrected chi connectivity index (χ0v) is 9.10.